The molecule has 0 saturated carbocycles. The van der Waals surface area contributed by atoms with Crippen LogP contribution in [0.5, 0.6) is 0 Å². The maximum Gasteiger partial charge on any atom is 0.302 e. The lowest BCUT2D eigenvalue weighted by Gasteiger charge is -2.24. The van der Waals surface area contributed by atoms with Crippen LogP contribution in [-0.4, -0.2) is 10.6 Å². The molecule has 2 N–H and O–H groups in total. The number of hydrogen-bond donors (Lipinski definition) is 1. The molecule has 16 heavy (non-hydrogen) atoms. The monoisotopic (exact) mass is 216 g/mol. The average Bonchev–Trinajstić information content (AvgIpc) is 2.30. The van der Waals surface area contributed by atoms with Gasteiger partial charge in [0.15, 0.2) is 0 Å². The fourth-order valence-corrected chi connectivity index (χ4v) is 1.80. The van der Waals surface area contributed by atoms with Crippen LogP contribution in [0.4, 0.5) is 0 Å². The third-order valence-electron chi connectivity index (χ3n) is 2.71. The highest BCUT2D eigenvalue weighted by atomic mass is 16.6. The van der Waals surface area contributed by atoms with Crippen LogP contribution in [-0.2, 0) is 0 Å². The van der Waals surface area contributed by atoms with Crippen molar-refractivity contribution in [3.8, 4) is 0 Å². The third kappa shape index (κ3) is 1.63. The first-order valence-corrected chi connectivity index (χ1v) is 5.01. The maximum absolute atomic E-state index is 11.1. The minimum atomic E-state index is -1.50. The Morgan fingerprint density at radius 2 is 2.00 bits per heavy atom. The van der Waals surface area contributed by atoms with Gasteiger partial charge in [-0.2, -0.15) is 0 Å². The van der Waals surface area contributed by atoms with E-state index in [0.29, 0.717) is 5.57 Å². The summed E-state index contributed by atoms with van der Waals surface area (Å²) in [6.07, 6.45) is 5.45. The second kappa shape index (κ2) is 3.90. The van der Waals surface area contributed by atoms with E-state index in [0.717, 1.165) is 5.56 Å². The Labute approximate surface area is 93.2 Å². The number of hydrogen-bond acceptors (Lipinski definition) is 3. The zero-order valence-electron chi connectivity index (χ0n) is 8.67. The molecular weight excluding hydrogens is 204 g/mol. The summed E-state index contributed by atoms with van der Waals surface area (Å²) in [6.45, 7) is 0. The van der Waals surface area contributed by atoms with Crippen LogP contribution in [0.25, 0.3) is 5.57 Å². The molecule has 1 aromatic carbocycles. The number of nitro groups is 1. The van der Waals surface area contributed by atoms with Gasteiger partial charge in [0.1, 0.15) is 0 Å². The average molecular weight is 216 g/mol. The Balaban J connectivity index is 2.49. The van der Waals surface area contributed by atoms with Crippen molar-refractivity contribution in [3.63, 3.8) is 0 Å². The lowest BCUT2D eigenvalue weighted by Crippen LogP contribution is -2.49. The van der Waals surface area contributed by atoms with Gasteiger partial charge in [0.25, 0.3) is 0 Å². The van der Waals surface area contributed by atoms with Gasteiger partial charge in [-0.05, 0) is 5.56 Å². The van der Waals surface area contributed by atoms with Crippen LogP contribution in [0, 0.1) is 10.1 Å². The summed E-state index contributed by atoms with van der Waals surface area (Å²) in [4.78, 5) is 10.6. The van der Waals surface area contributed by atoms with Gasteiger partial charge in [-0.3, -0.25) is 15.8 Å². The molecular formula is C12H12N2O2. The van der Waals surface area contributed by atoms with E-state index in [1.807, 2.05) is 30.3 Å². The Hall–Kier alpha value is -1.94. The van der Waals surface area contributed by atoms with Crippen molar-refractivity contribution < 1.29 is 4.92 Å². The van der Waals surface area contributed by atoms with E-state index in [1.165, 1.54) is 0 Å². The molecule has 1 aliphatic carbocycles. The molecule has 2 rings (SSSR count). The summed E-state index contributed by atoms with van der Waals surface area (Å²) in [5, 5.41) is 11.1. The third-order valence-corrected chi connectivity index (χ3v) is 2.71. The molecule has 0 fully saturated rings. The van der Waals surface area contributed by atoms with Crippen molar-refractivity contribution in [1.82, 2.24) is 0 Å². The molecule has 1 aliphatic rings. The molecule has 0 spiro atoms. The van der Waals surface area contributed by atoms with Crippen molar-refractivity contribution in [2.75, 3.05) is 0 Å². The first-order valence-electron chi connectivity index (χ1n) is 5.01. The van der Waals surface area contributed by atoms with Crippen LogP contribution in [0.3, 0.4) is 0 Å². The molecule has 1 aromatic rings. The highest BCUT2D eigenvalue weighted by Gasteiger charge is 2.42. The molecule has 82 valence electrons. The van der Waals surface area contributed by atoms with Crippen LogP contribution < -0.4 is 5.73 Å². The first kappa shape index (κ1) is 10.6. The lowest BCUT2D eigenvalue weighted by atomic mass is 9.87. The highest BCUT2D eigenvalue weighted by molar-refractivity contribution is 5.74. The SMILES string of the molecule is NC1([N+](=O)[O-])CC=CC=C1c1ccccc1. The van der Waals surface area contributed by atoms with Crippen molar-refractivity contribution in [2.24, 2.45) is 5.73 Å². The predicted molar refractivity (Wildman–Crippen MR) is 62.1 cm³/mol. The summed E-state index contributed by atoms with van der Waals surface area (Å²) >= 11 is 0. The number of rotatable bonds is 2. The van der Waals surface area contributed by atoms with Crippen LogP contribution in [0.15, 0.2) is 48.6 Å². The van der Waals surface area contributed by atoms with Crippen molar-refractivity contribution in [1.29, 1.82) is 0 Å². The van der Waals surface area contributed by atoms with Crippen LogP contribution in [0.1, 0.15) is 12.0 Å². The van der Waals surface area contributed by atoms with E-state index < -0.39 is 10.6 Å². The van der Waals surface area contributed by atoms with Gasteiger partial charge in [0.2, 0.25) is 0 Å². The molecule has 0 aromatic heterocycles. The molecule has 4 nitrogen and oxygen atoms in total. The standard InChI is InChI=1S/C12H12N2O2/c13-12(14(15)16)9-5-4-8-11(12)10-6-2-1-3-7-10/h1-8H,9,13H2. The Morgan fingerprint density at radius 1 is 1.31 bits per heavy atom. The quantitative estimate of drug-likeness (QED) is 0.466. The van der Waals surface area contributed by atoms with Crippen LogP contribution >= 0.6 is 0 Å². The van der Waals surface area contributed by atoms with E-state index in [4.69, 9.17) is 5.73 Å². The normalized spacial score (nSPS) is 23.9. The maximum atomic E-state index is 11.1. The minimum absolute atomic E-state index is 0.223. The lowest BCUT2D eigenvalue weighted by molar-refractivity contribution is -0.549. The molecule has 1 atom stereocenters. The topological polar surface area (TPSA) is 69.2 Å². The van der Waals surface area contributed by atoms with E-state index >= 15 is 0 Å². The minimum Gasteiger partial charge on any atom is -0.262 e. The molecule has 1 unspecified atom stereocenters. The zero-order valence-corrected chi connectivity index (χ0v) is 8.67. The second-order valence-corrected chi connectivity index (χ2v) is 3.76. The largest absolute Gasteiger partial charge is 0.302 e. The Morgan fingerprint density at radius 3 is 2.62 bits per heavy atom. The number of nitrogens with two attached hydrogens (primary N) is 1. The number of allylic oxidation sites excluding steroid dienone is 2. The Bertz CT molecular complexity index is 465. The molecule has 4 heteroatoms. The molecule has 0 bridgehead atoms. The highest BCUT2D eigenvalue weighted by Crippen LogP contribution is 2.31. The first-order chi connectivity index (χ1) is 7.64. The van der Waals surface area contributed by atoms with Gasteiger partial charge in [-0.25, -0.2) is 0 Å². The van der Waals surface area contributed by atoms with Crippen LogP contribution in [0.2, 0.25) is 0 Å². The van der Waals surface area contributed by atoms with Gasteiger partial charge in [0.05, 0.1) is 12.0 Å². The van der Waals surface area contributed by atoms with Gasteiger partial charge in [-0.1, -0.05) is 48.6 Å². The van der Waals surface area contributed by atoms with E-state index in [2.05, 4.69) is 0 Å². The molecule has 0 saturated heterocycles. The van der Waals surface area contributed by atoms with Crippen molar-refractivity contribution in [2.45, 2.75) is 12.1 Å². The number of nitrogens with zero attached hydrogens (tertiary/aromatic N) is 1. The summed E-state index contributed by atoms with van der Waals surface area (Å²) in [5.41, 5.74) is 5.71. The summed E-state index contributed by atoms with van der Waals surface area (Å²) in [7, 11) is 0. The van der Waals surface area contributed by atoms with Gasteiger partial charge >= 0.3 is 5.66 Å². The summed E-state index contributed by atoms with van der Waals surface area (Å²) in [6, 6.07) is 9.21. The fraction of sp³-hybridized carbons (Fsp3) is 0.167. The zero-order chi connectivity index (χ0) is 11.6. The van der Waals surface area contributed by atoms with E-state index in [1.54, 1.807) is 18.2 Å². The van der Waals surface area contributed by atoms with Crippen molar-refractivity contribution in [3.05, 3.63) is 64.2 Å². The smallest absolute Gasteiger partial charge is 0.262 e. The van der Waals surface area contributed by atoms with Crippen molar-refractivity contribution >= 4 is 5.57 Å². The molecule has 0 amide bonds. The summed E-state index contributed by atoms with van der Waals surface area (Å²) < 4.78 is 0. The van der Waals surface area contributed by atoms with E-state index in [-0.39, 0.29) is 6.42 Å². The predicted octanol–water partition coefficient (Wildman–Crippen LogP) is 1.96. The number of benzene rings is 1. The molecule has 0 aliphatic heterocycles. The second-order valence-electron chi connectivity index (χ2n) is 3.76. The molecule has 0 heterocycles. The van der Waals surface area contributed by atoms with E-state index in [9.17, 15) is 10.1 Å². The fourth-order valence-electron chi connectivity index (χ4n) is 1.80. The Kier molecular flexibility index (Phi) is 2.58. The van der Waals surface area contributed by atoms with Gasteiger partial charge < -0.3 is 0 Å². The van der Waals surface area contributed by atoms with Gasteiger partial charge in [-0.15, -0.1) is 0 Å². The van der Waals surface area contributed by atoms with Gasteiger partial charge in [0, 0.05) is 4.92 Å². The molecule has 0 radical (unpaired) electrons. The summed E-state index contributed by atoms with van der Waals surface area (Å²) in [5.74, 6) is 0.